The molecule has 0 radical (unpaired) electrons. The highest BCUT2D eigenvalue weighted by atomic mass is 35.5. The zero-order valence-electron chi connectivity index (χ0n) is 19.3. The van der Waals surface area contributed by atoms with E-state index in [1.165, 1.54) is 0 Å². The lowest BCUT2D eigenvalue weighted by molar-refractivity contribution is -0.140. The molecule has 0 aromatic heterocycles. The number of carbonyl (C=O) groups is 2. The van der Waals surface area contributed by atoms with Gasteiger partial charge in [0.05, 0.1) is 0 Å². The van der Waals surface area contributed by atoms with Crippen LogP contribution in [-0.2, 0) is 22.6 Å². The summed E-state index contributed by atoms with van der Waals surface area (Å²) < 4.78 is 0. The van der Waals surface area contributed by atoms with Gasteiger partial charge in [-0.05, 0) is 55.2 Å². The lowest BCUT2D eigenvalue weighted by Gasteiger charge is -2.30. The molecule has 1 N–H and O–H groups in total. The molecule has 174 valence electrons. The molecular formula is C27H30Cl2N2O2. The van der Waals surface area contributed by atoms with E-state index in [2.05, 4.69) is 23.5 Å². The number of rotatable bonds is 9. The van der Waals surface area contributed by atoms with E-state index in [0.29, 0.717) is 22.0 Å². The molecule has 3 aromatic carbocycles. The van der Waals surface area contributed by atoms with Crippen molar-refractivity contribution >= 4 is 45.8 Å². The topological polar surface area (TPSA) is 49.4 Å². The molecule has 0 bridgehead atoms. The summed E-state index contributed by atoms with van der Waals surface area (Å²) in [5, 5.41) is 6.21. The lowest BCUT2D eigenvalue weighted by Crippen LogP contribution is -2.49. The zero-order valence-corrected chi connectivity index (χ0v) is 20.8. The fraction of sp³-hybridized carbons (Fsp3) is 0.333. The number of halogens is 2. The van der Waals surface area contributed by atoms with Gasteiger partial charge in [-0.3, -0.25) is 9.59 Å². The Morgan fingerprint density at radius 3 is 2.27 bits per heavy atom. The summed E-state index contributed by atoms with van der Waals surface area (Å²) in [6.07, 6.45) is 1.66. The van der Waals surface area contributed by atoms with Gasteiger partial charge in [-0.1, -0.05) is 78.7 Å². The molecule has 0 aliphatic heterocycles. The number of amides is 2. The van der Waals surface area contributed by atoms with Gasteiger partial charge in [0, 0.05) is 34.6 Å². The molecule has 0 saturated carbocycles. The molecule has 0 fully saturated rings. The van der Waals surface area contributed by atoms with Crippen molar-refractivity contribution in [2.24, 2.45) is 0 Å². The van der Waals surface area contributed by atoms with E-state index in [1.807, 2.05) is 38.1 Å². The molecule has 6 heteroatoms. The summed E-state index contributed by atoms with van der Waals surface area (Å²) in [4.78, 5) is 27.9. The number of hydrogen-bond donors (Lipinski definition) is 1. The van der Waals surface area contributed by atoms with E-state index in [1.54, 1.807) is 30.0 Å². The fourth-order valence-corrected chi connectivity index (χ4v) is 4.31. The van der Waals surface area contributed by atoms with Gasteiger partial charge >= 0.3 is 0 Å². The van der Waals surface area contributed by atoms with E-state index in [4.69, 9.17) is 23.2 Å². The number of nitrogens with one attached hydrogen (secondary N) is 1. The van der Waals surface area contributed by atoms with Crippen LogP contribution < -0.4 is 5.32 Å². The minimum absolute atomic E-state index is 0.0245. The monoisotopic (exact) mass is 484 g/mol. The summed E-state index contributed by atoms with van der Waals surface area (Å²) in [7, 11) is 0. The predicted octanol–water partition coefficient (Wildman–Crippen LogP) is 6.41. The van der Waals surface area contributed by atoms with Gasteiger partial charge in [-0.15, -0.1) is 0 Å². The first-order chi connectivity index (χ1) is 15.8. The van der Waals surface area contributed by atoms with Crippen molar-refractivity contribution in [3.05, 3.63) is 81.8 Å². The van der Waals surface area contributed by atoms with Crippen molar-refractivity contribution in [1.82, 2.24) is 10.2 Å². The number of carbonyl (C=O) groups excluding carboxylic acids is 2. The van der Waals surface area contributed by atoms with Crippen molar-refractivity contribution in [3.63, 3.8) is 0 Å². The van der Waals surface area contributed by atoms with E-state index < -0.39 is 6.04 Å². The van der Waals surface area contributed by atoms with E-state index in [0.717, 1.165) is 22.8 Å². The summed E-state index contributed by atoms with van der Waals surface area (Å²) >= 11 is 12.8. The molecule has 3 rings (SSSR count). The number of fused-ring (bicyclic) bond motifs is 1. The smallest absolute Gasteiger partial charge is 0.242 e. The molecule has 0 saturated heterocycles. The molecule has 0 unspecified atom stereocenters. The maximum atomic E-state index is 13.4. The van der Waals surface area contributed by atoms with Gasteiger partial charge < -0.3 is 10.2 Å². The molecule has 2 atom stereocenters. The number of aryl methyl sites for hydroxylation is 1. The first-order valence-electron chi connectivity index (χ1n) is 11.3. The Balaban J connectivity index is 1.84. The van der Waals surface area contributed by atoms with Crippen LogP contribution in [0.25, 0.3) is 10.8 Å². The lowest BCUT2D eigenvalue weighted by atomic mass is 10.0. The highest BCUT2D eigenvalue weighted by molar-refractivity contribution is 6.36. The van der Waals surface area contributed by atoms with Gasteiger partial charge in [0.1, 0.15) is 6.04 Å². The predicted molar refractivity (Wildman–Crippen MR) is 137 cm³/mol. The summed E-state index contributed by atoms with van der Waals surface area (Å²) in [5.74, 6) is -0.309. The first-order valence-corrected chi connectivity index (χ1v) is 12.1. The van der Waals surface area contributed by atoms with Gasteiger partial charge in [0.15, 0.2) is 0 Å². The third-order valence-electron chi connectivity index (χ3n) is 6.05. The van der Waals surface area contributed by atoms with Crippen molar-refractivity contribution in [2.45, 2.75) is 58.7 Å². The fourth-order valence-electron chi connectivity index (χ4n) is 3.80. The summed E-state index contributed by atoms with van der Waals surface area (Å²) in [6.45, 7) is 5.87. The molecular weight excluding hydrogens is 455 g/mol. The van der Waals surface area contributed by atoms with Crippen LogP contribution in [0.1, 0.15) is 44.7 Å². The maximum absolute atomic E-state index is 13.4. The summed E-state index contributed by atoms with van der Waals surface area (Å²) in [6, 6.07) is 18.9. The number of nitrogens with zero attached hydrogens (tertiary/aromatic N) is 1. The van der Waals surface area contributed by atoms with Gasteiger partial charge in [0.25, 0.3) is 0 Å². The molecule has 2 amide bonds. The molecule has 0 aliphatic rings. The van der Waals surface area contributed by atoms with Crippen LogP contribution in [0.4, 0.5) is 0 Å². The molecule has 0 spiro atoms. The average Bonchev–Trinajstić information content (AvgIpc) is 2.81. The Kier molecular flexibility index (Phi) is 8.76. The van der Waals surface area contributed by atoms with Crippen LogP contribution in [0.5, 0.6) is 0 Å². The highest BCUT2D eigenvalue weighted by Gasteiger charge is 2.28. The molecule has 33 heavy (non-hydrogen) atoms. The number of benzene rings is 3. The van der Waals surface area contributed by atoms with Crippen LogP contribution >= 0.6 is 23.2 Å². The Morgan fingerprint density at radius 1 is 0.939 bits per heavy atom. The van der Waals surface area contributed by atoms with E-state index in [-0.39, 0.29) is 30.8 Å². The van der Waals surface area contributed by atoms with Crippen LogP contribution in [0.2, 0.25) is 10.0 Å². The minimum atomic E-state index is -0.661. The van der Waals surface area contributed by atoms with Crippen molar-refractivity contribution in [1.29, 1.82) is 0 Å². The highest BCUT2D eigenvalue weighted by Crippen LogP contribution is 2.27. The van der Waals surface area contributed by atoms with Crippen molar-refractivity contribution in [2.75, 3.05) is 0 Å². The number of hydrogen-bond acceptors (Lipinski definition) is 2. The SMILES string of the molecule is CC[C@H](C)NC(=O)[C@H](C)N(Cc1c(Cl)cccc1Cl)C(=O)CCc1cccc2ccccc12. The summed E-state index contributed by atoms with van der Waals surface area (Å²) in [5.41, 5.74) is 1.75. The largest absolute Gasteiger partial charge is 0.352 e. The molecule has 4 nitrogen and oxygen atoms in total. The van der Waals surface area contributed by atoms with Gasteiger partial charge in [-0.2, -0.15) is 0 Å². The van der Waals surface area contributed by atoms with Crippen LogP contribution in [-0.4, -0.2) is 28.8 Å². The maximum Gasteiger partial charge on any atom is 0.242 e. The second-order valence-electron chi connectivity index (χ2n) is 8.35. The van der Waals surface area contributed by atoms with Crippen LogP contribution in [0.15, 0.2) is 60.7 Å². The quantitative estimate of drug-likeness (QED) is 0.381. The Bertz CT molecular complexity index is 1110. The third-order valence-corrected chi connectivity index (χ3v) is 6.75. The first kappa shape index (κ1) is 25.1. The van der Waals surface area contributed by atoms with Crippen molar-refractivity contribution < 1.29 is 9.59 Å². The second kappa shape index (κ2) is 11.5. The Hall–Kier alpha value is -2.56. The Labute approximate surface area is 205 Å². The average molecular weight is 485 g/mol. The molecule has 0 heterocycles. The third kappa shape index (κ3) is 6.27. The van der Waals surface area contributed by atoms with Gasteiger partial charge in [-0.25, -0.2) is 0 Å². The normalized spacial score (nSPS) is 12.9. The Morgan fingerprint density at radius 2 is 1.58 bits per heavy atom. The van der Waals surface area contributed by atoms with E-state index >= 15 is 0 Å². The van der Waals surface area contributed by atoms with Crippen LogP contribution in [0.3, 0.4) is 0 Å². The zero-order chi connectivity index (χ0) is 24.0. The molecule has 0 aliphatic carbocycles. The second-order valence-corrected chi connectivity index (χ2v) is 9.17. The molecule has 3 aromatic rings. The minimum Gasteiger partial charge on any atom is -0.352 e. The van der Waals surface area contributed by atoms with Crippen molar-refractivity contribution in [3.8, 4) is 0 Å². The van der Waals surface area contributed by atoms with Gasteiger partial charge in [0.2, 0.25) is 11.8 Å². The van der Waals surface area contributed by atoms with E-state index in [9.17, 15) is 9.59 Å². The standard InChI is InChI=1S/C27H30Cl2N2O2/c1-4-18(2)30-27(33)19(3)31(17-23-24(28)13-8-14-25(23)29)26(32)16-15-21-11-7-10-20-9-5-6-12-22(20)21/h5-14,18-19H,4,15-17H2,1-3H3,(H,30,33)/t18-,19-/m0/s1. The van der Waals surface area contributed by atoms with Crippen LogP contribution in [0, 0.1) is 0 Å².